The molecule has 1 rings (SSSR count). The highest BCUT2D eigenvalue weighted by Crippen LogP contribution is 2.03. The normalized spacial score (nSPS) is 15.8. The van der Waals surface area contributed by atoms with Gasteiger partial charge in [0.05, 0.1) is 0 Å². The van der Waals surface area contributed by atoms with E-state index in [1.165, 1.54) is 9.80 Å². The van der Waals surface area contributed by atoms with Crippen LogP contribution in [0, 0.1) is 0 Å². The Morgan fingerprint density at radius 1 is 1.06 bits per heavy atom. The second kappa shape index (κ2) is 5.31. The standard InChI is InChI=1S/C8H15N5O3/c9-8(16)13-3-1-12(2-4-13)7(15)5-6(14)11-10/h1-5,10H2,(H2,9,16)(H,11,14). The Morgan fingerprint density at radius 3 is 2.00 bits per heavy atom. The summed E-state index contributed by atoms with van der Waals surface area (Å²) in [7, 11) is 0. The molecule has 5 N–H and O–H groups in total. The Morgan fingerprint density at radius 2 is 1.56 bits per heavy atom. The largest absolute Gasteiger partial charge is 0.351 e. The van der Waals surface area contributed by atoms with E-state index in [1.54, 1.807) is 0 Å². The fourth-order valence-corrected chi connectivity index (χ4v) is 1.48. The lowest BCUT2D eigenvalue weighted by molar-refractivity contribution is -0.137. The highest BCUT2D eigenvalue weighted by Gasteiger charge is 2.23. The van der Waals surface area contributed by atoms with Gasteiger partial charge in [-0.3, -0.25) is 15.0 Å². The molecular formula is C8H15N5O3. The summed E-state index contributed by atoms with van der Waals surface area (Å²) in [6.45, 7) is 1.57. The number of primary amides is 1. The molecule has 1 saturated heterocycles. The third-order valence-electron chi connectivity index (χ3n) is 2.42. The van der Waals surface area contributed by atoms with Crippen LogP contribution < -0.4 is 17.0 Å². The van der Waals surface area contributed by atoms with Gasteiger partial charge in [0.1, 0.15) is 6.42 Å². The first-order valence-corrected chi connectivity index (χ1v) is 4.86. The Bertz CT molecular complexity index is 298. The van der Waals surface area contributed by atoms with Gasteiger partial charge in [-0.25, -0.2) is 10.6 Å². The van der Waals surface area contributed by atoms with Crippen molar-refractivity contribution < 1.29 is 14.4 Å². The van der Waals surface area contributed by atoms with Gasteiger partial charge in [-0.15, -0.1) is 0 Å². The average molecular weight is 229 g/mol. The average Bonchev–Trinajstić information content (AvgIpc) is 2.28. The molecule has 0 aromatic carbocycles. The van der Waals surface area contributed by atoms with E-state index in [1.807, 2.05) is 5.43 Å². The summed E-state index contributed by atoms with van der Waals surface area (Å²) in [6, 6.07) is -0.494. The number of piperazine rings is 1. The molecule has 8 nitrogen and oxygen atoms in total. The molecular weight excluding hydrogens is 214 g/mol. The topological polar surface area (TPSA) is 122 Å². The van der Waals surface area contributed by atoms with Crippen molar-refractivity contribution in [3.05, 3.63) is 0 Å². The lowest BCUT2D eigenvalue weighted by Gasteiger charge is -2.33. The van der Waals surface area contributed by atoms with Gasteiger partial charge in [0.15, 0.2) is 0 Å². The first-order chi connectivity index (χ1) is 7.54. The molecule has 0 aromatic heterocycles. The Balaban J connectivity index is 2.38. The Kier molecular flexibility index (Phi) is 4.06. The molecule has 0 bridgehead atoms. The van der Waals surface area contributed by atoms with E-state index in [2.05, 4.69) is 0 Å². The third-order valence-corrected chi connectivity index (χ3v) is 2.42. The number of rotatable bonds is 2. The van der Waals surface area contributed by atoms with Crippen LogP contribution in [-0.2, 0) is 9.59 Å². The Hall–Kier alpha value is -1.83. The van der Waals surface area contributed by atoms with Crippen LogP contribution in [0.1, 0.15) is 6.42 Å². The van der Waals surface area contributed by atoms with Crippen molar-refractivity contribution in [3.8, 4) is 0 Å². The second-order valence-corrected chi connectivity index (χ2v) is 3.45. The van der Waals surface area contributed by atoms with Crippen LogP contribution in [0.15, 0.2) is 0 Å². The lowest BCUT2D eigenvalue weighted by atomic mass is 10.3. The molecule has 0 saturated carbocycles. The van der Waals surface area contributed by atoms with Crippen molar-refractivity contribution >= 4 is 17.8 Å². The van der Waals surface area contributed by atoms with Gasteiger partial charge < -0.3 is 15.5 Å². The number of carbonyl (C=O) groups is 3. The van der Waals surface area contributed by atoms with Gasteiger partial charge in [-0.1, -0.05) is 0 Å². The molecule has 0 unspecified atom stereocenters. The van der Waals surface area contributed by atoms with Gasteiger partial charge in [0, 0.05) is 26.2 Å². The zero-order valence-electron chi connectivity index (χ0n) is 8.81. The van der Waals surface area contributed by atoms with Crippen LogP contribution in [0.25, 0.3) is 0 Å². The Labute approximate surface area is 92.5 Å². The number of hydrogen-bond donors (Lipinski definition) is 3. The number of hydrazine groups is 1. The minimum atomic E-state index is -0.526. The molecule has 0 aromatic rings. The van der Waals surface area contributed by atoms with Crippen molar-refractivity contribution in [2.24, 2.45) is 11.6 Å². The van der Waals surface area contributed by atoms with Crippen molar-refractivity contribution in [2.45, 2.75) is 6.42 Å². The molecule has 1 heterocycles. The lowest BCUT2D eigenvalue weighted by Crippen LogP contribution is -2.52. The van der Waals surface area contributed by atoms with Crippen molar-refractivity contribution in [3.63, 3.8) is 0 Å². The van der Waals surface area contributed by atoms with Crippen LogP contribution >= 0.6 is 0 Å². The number of nitrogens with two attached hydrogens (primary N) is 2. The maximum Gasteiger partial charge on any atom is 0.314 e. The van der Waals surface area contributed by atoms with Crippen LogP contribution in [0.3, 0.4) is 0 Å². The molecule has 0 atom stereocenters. The number of hydrogen-bond acceptors (Lipinski definition) is 4. The number of urea groups is 1. The summed E-state index contributed by atoms with van der Waals surface area (Å²) >= 11 is 0. The van der Waals surface area contributed by atoms with Crippen molar-refractivity contribution in [2.75, 3.05) is 26.2 Å². The molecule has 1 aliphatic heterocycles. The summed E-state index contributed by atoms with van der Waals surface area (Å²) in [5.74, 6) is 4.05. The monoisotopic (exact) mass is 229 g/mol. The smallest absolute Gasteiger partial charge is 0.314 e. The van der Waals surface area contributed by atoms with Gasteiger partial charge in [0.25, 0.3) is 0 Å². The maximum absolute atomic E-state index is 11.5. The van der Waals surface area contributed by atoms with Crippen LogP contribution in [0.4, 0.5) is 4.79 Å². The van der Waals surface area contributed by atoms with Crippen molar-refractivity contribution in [1.29, 1.82) is 0 Å². The fourth-order valence-electron chi connectivity index (χ4n) is 1.48. The predicted octanol–water partition coefficient (Wildman–Crippen LogP) is -2.41. The summed E-state index contributed by atoms with van der Waals surface area (Å²) in [5, 5.41) is 0. The van der Waals surface area contributed by atoms with Crippen molar-refractivity contribution in [1.82, 2.24) is 15.2 Å². The zero-order valence-corrected chi connectivity index (χ0v) is 8.81. The number of carbonyl (C=O) groups excluding carboxylic acids is 3. The SMILES string of the molecule is NNC(=O)CC(=O)N1CCN(C(N)=O)CC1. The molecule has 90 valence electrons. The van der Waals surface area contributed by atoms with E-state index < -0.39 is 11.9 Å². The predicted molar refractivity (Wildman–Crippen MR) is 54.7 cm³/mol. The van der Waals surface area contributed by atoms with E-state index in [-0.39, 0.29) is 12.3 Å². The summed E-state index contributed by atoms with van der Waals surface area (Å²) in [4.78, 5) is 36.2. The fraction of sp³-hybridized carbons (Fsp3) is 0.625. The molecule has 1 fully saturated rings. The van der Waals surface area contributed by atoms with E-state index in [0.29, 0.717) is 26.2 Å². The highest BCUT2D eigenvalue weighted by atomic mass is 16.2. The highest BCUT2D eigenvalue weighted by molar-refractivity contribution is 5.96. The van der Waals surface area contributed by atoms with Gasteiger partial charge in [-0.05, 0) is 0 Å². The first-order valence-electron chi connectivity index (χ1n) is 4.86. The molecule has 0 aliphatic carbocycles. The van der Waals surface area contributed by atoms with Crippen LogP contribution in [0.5, 0.6) is 0 Å². The number of nitrogens with one attached hydrogen (secondary N) is 1. The van der Waals surface area contributed by atoms with E-state index >= 15 is 0 Å². The maximum atomic E-state index is 11.5. The first kappa shape index (κ1) is 12.2. The van der Waals surface area contributed by atoms with Gasteiger partial charge >= 0.3 is 6.03 Å². The van der Waals surface area contributed by atoms with E-state index in [9.17, 15) is 14.4 Å². The van der Waals surface area contributed by atoms with E-state index in [0.717, 1.165) is 0 Å². The minimum Gasteiger partial charge on any atom is -0.351 e. The summed E-state index contributed by atoms with van der Waals surface area (Å²) in [5.41, 5.74) is 6.98. The molecule has 0 radical (unpaired) electrons. The molecule has 16 heavy (non-hydrogen) atoms. The van der Waals surface area contributed by atoms with Gasteiger partial charge in [0.2, 0.25) is 11.8 Å². The summed E-state index contributed by atoms with van der Waals surface area (Å²) in [6.07, 6.45) is -0.271. The molecule has 0 spiro atoms. The van der Waals surface area contributed by atoms with Crippen LogP contribution in [0.2, 0.25) is 0 Å². The summed E-state index contributed by atoms with van der Waals surface area (Å²) < 4.78 is 0. The van der Waals surface area contributed by atoms with E-state index in [4.69, 9.17) is 11.6 Å². The zero-order chi connectivity index (χ0) is 12.1. The molecule has 8 heteroatoms. The molecule has 4 amide bonds. The van der Waals surface area contributed by atoms with Crippen LogP contribution in [-0.4, -0.2) is 53.8 Å². The minimum absolute atomic E-state index is 0.271. The molecule has 1 aliphatic rings. The quantitative estimate of drug-likeness (QED) is 0.211. The number of amides is 4. The number of nitrogens with zero attached hydrogens (tertiary/aromatic N) is 2. The third kappa shape index (κ3) is 3.09. The van der Waals surface area contributed by atoms with Gasteiger partial charge in [-0.2, -0.15) is 0 Å². The second-order valence-electron chi connectivity index (χ2n) is 3.45.